The Balaban J connectivity index is 2.43. The standard InChI is InChI=1S/C16H22N2O2S/c1-16(2,21(3,19)20)15(18-17)11-13-9-6-8-12-7-4-5-10-14(12)13/h4-10,15,18H,11,17H2,1-3H3. The number of fused-ring (bicyclic) bond motifs is 1. The van der Waals surface area contributed by atoms with Crippen LogP contribution in [-0.4, -0.2) is 25.5 Å². The molecular formula is C16H22N2O2S. The van der Waals surface area contributed by atoms with Crippen LogP contribution in [-0.2, 0) is 16.3 Å². The first-order valence-corrected chi connectivity index (χ1v) is 8.79. The molecule has 0 aliphatic rings. The Morgan fingerprint density at radius 3 is 2.38 bits per heavy atom. The number of hydrogen-bond donors (Lipinski definition) is 2. The molecule has 0 saturated carbocycles. The molecule has 1 unspecified atom stereocenters. The summed E-state index contributed by atoms with van der Waals surface area (Å²) in [5, 5.41) is 2.27. The summed E-state index contributed by atoms with van der Waals surface area (Å²) < 4.78 is 23.1. The quantitative estimate of drug-likeness (QED) is 0.655. The van der Waals surface area contributed by atoms with Crippen molar-refractivity contribution in [3.8, 4) is 0 Å². The Kier molecular flexibility index (Phi) is 4.37. The summed E-state index contributed by atoms with van der Waals surface area (Å²) in [7, 11) is -3.23. The van der Waals surface area contributed by atoms with Crippen molar-refractivity contribution in [2.75, 3.05) is 6.26 Å². The molecule has 0 aliphatic heterocycles. The van der Waals surface area contributed by atoms with Crippen LogP contribution in [0.2, 0.25) is 0 Å². The lowest BCUT2D eigenvalue weighted by Crippen LogP contribution is -2.55. The second-order valence-electron chi connectivity index (χ2n) is 5.94. The van der Waals surface area contributed by atoms with E-state index in [9.17, 15) is 8.42 Å². The largest absolute Gasteiger partial charge is 0.271 e. The Hall–Kier alpha value is -1.43. The van der Waals surface area contributed by atoms with Gasteiger partial charge in [-0.2, -0.15) is 0 Å². The predicted molar refractivity (Wildman–Crippen MR) is 87.7 cm³/mol. The summed E-state index contributed by atoms with van der Waals surface area (Å²) in [4.78, 5) is 0. The lowest BCUT2D eigenvalue weighted by molar-refractivity contribution is 0.413. The van der Waals surface area contributed by atoms with Gasteiger partial charge in [-0.15, -0.1) is 0 Å². The third kappa shape index (κ3) is 3.10. The predicted octanol–water partition coefficient (Wildman–Crippen LogP) is 2.04. The summed E-state index contributed by atoms with van der Waals surface area (Å²) in [6.45, 7) is 3.41. The van der Waals surface area contributed by atoms with E-state index in [2.05, 4.69) is 5.43 Å². The molecule has 0 fully saturated rings. The highest BCUT2D eigenvalue weighted by molar-refractivity contribution is 7.92. The summed E-state index contributed by atoms with van der Waals surface area (Å²) in [5.41, 5.74) is 3.77. The van der Waals surface area contributed by atoms with Crippen LogP contribution in [0.3, 0.4) is 0 Å². The lowest BCUT2D eigenvalue weighted by Gasteiger charge is -2.32. The van der Waals surface area contributed by atoms with Gasteiger partial charge in [0.05, 0.1) is 4.75 Å². The van der Waals surface area contributed by atoms with E-state index in [-0.39, 0.29) is 6.04 Å². The Bertz CT molecular complexity index is 734. The number of benzene rings is 2. The van der Waals surface area contributed by atoms with Gasteiger partial charge in [-0.3, -0.25) is 11.3 Å². The molecule has 0 spiro atoms. The fourth-order valence-electron chi connectivity index (χ4n) is 2.45. The first kappa shape index (κ1) is 15.9. The van der Waals surface area contributed by atoms with Gasteiger partial charge in [-0.25, -0.2) is 8.42 Å². The van der Waals surface area contributed by atoms with Gasteiger partial charge in [0.25, 0.3) is 0 Å². The molecule has 2 aromatic rings. The molecule has 2 rings (SSSR count). The van der Waals surface area contributed by atoms with Crippen molar-refractivity contribution < 1.29 is 8.42 Å². The highest BCUT2D eigenvalue weighted by atomic mass is 32.2. The summed E-state index contributed by atoms with van der Waals surface area (Å²) in [5.74, 6) is 5.63. The zero-order chi connectivity index (χ0) is 15.7. The third-order valence-electron chi connectivity index (χ3n) is 4.30. The zero-order valence-corrected chi connectivity index (χ0v) is 13.4. The van der Waals surface area contributed by atoms with Gasteiger partial charge < -0.3 is 0 Å². The fourth-order valence-corrected chi connectivity index (χ4v) is 3.12. The molecule has 2 aromatic carbocycles. The van der Waals surface area contributed by atoms with Gasteiger partial charge in [0.2, 0.25) is 0 Å². The molecule has 0 amide bonds. The monoisotopic (exact) mass is 306 g/mol. The van der Waals surface area contributed by atoms with E-state index in [4.69, 9.17) is 5.84 Å². The van der Waals surface area contributed by atoms with Gasteiger partial charge in [0.1, 0.15) is 0 Å². The second kappa shape index (κ2) is 5.75. The second-order valence-corrected chi connectivity index (χ2v) is 8.53. The van der Waals surface area contributed by atoms with Crippen molar-refractivity contribution in [2.24, 2.45) is 5.84 Å². The number of nitrogens with two attached hydrogens (primary N) is 1. The maximum atomic E-state index is 12.0. The summed E-state index contributed by atoms with van der Waals surface area (Å²) >= 11 is 0. The number of hydrazine groups is 1. The lowest BCUT2D eigenvalue weighted by atomic mass is 9.93. The normalized spacial score (nSPS) is 14.3. The van der Waals surface area contributed by atoms with Crippen molar-refractivity contribution in [3.05, 3.63) is 48.0 Å². The Morgan fingerprint density at radius 2 is 1.76 bits per heavy atom. The van der Waals surface area contributed by atoms with Crippen LogP contribution in [0.4, 0.5) is 0 Å². The Morgan fingerprint density at radius 1 is 1.14 bits per heavy atom. The average molecular weight is 306 g/mol. The first-order valence-electron chi connectivity index (χ1n) is 6.89. The van der Waals surface area contributed by atoms with Crippen LogP contribution in [0.5, 0.6) is 0 Å². The van der Waals surface area contributed by atoms with Crippen LogP contribution < -0.4 is 11.3 Å². The molecule has 0 radical (unpaired) electrons. The van der Waals surface area contributed by atoms with Crippen molar-refractivity contribution >= 4 is 20.6 Å². The van der Waals surface area contributed by atoms with E-state index in [1.54, 1.807) is 13.8 Å². The highest BCUT2D eigenvalue weighted by Crippen LogP contribution is 2.26. The van der Waals surface area contributed by atoms with Gasteiger partial charge >= 0.3 is 0 Å². The van der Waals surface area contributed by atoms with Crippen molar-refractivity contribution in [3.63, 3.8) is 0 Å². The maximum absolute atomic E-state index is 12.0. The molecule has 5 heteroatoms. The van der Waals surface area contributed by atoms with Gasteiger partial charge in [-0.05, 0) is 36.6 Å². The molecule has 0 heterocycles. The van der Waals surface area contributed by atoms with Crippen LogP contribution >= 0.6 is 0 Å². The number of sulfone groups is 1. The van der Waals surface area contributed by atoms with Gasteiger partial charge in [-0.1, -0.05) is 42.5 Å². The smallest absolute Gasteiger partial charge is 0.154 e. The maximum Gasteiger partial charge on any atom is 0.154 e. The molecule has 4 nitrogen and oxygen atoms in total. The van der Waals surface area contributed by atoms with Crippen LogP contribution in [0.25, 0.3) is 10.8 Å². The van der Waals surface area contributed by atoms with E-state index in [0.29, 0.717) is 6.42 Å². The van der Waals surface area contributed by atoms with Crippen LogP contribution in [0.1, 0.15) is 19.4 Å². The van der Waals surface area contributed by atoms with E-state index in [0.717, 1.165) is 16.3 Å². The number of rotatable bonds is 5. The number of hydrogen-bond acceptors (Lipinski definition) is 4. The minimum atomic E-state index is -3.23. The fraction of sp³-hybridized carbons (Fsp3) is 0.375. The third-order valence-corrected chi connectivity index (χ3v) is 6.50. The number of nitrogens with one attached hydrogen (secondary N) is 1. The molecule has 0 bridgehead atoms. The van der Waals surface area contributed by atoms with Gasteiger partial charge in [0, 0.05) is 12.3 Å². The minimum absolute atomic E-state index is 0.363. The SMILES string of the molecule is CC(C)(C(Cc1cccc2ccccc12)NN)S(C)(=O)=O. The molecular weight excluding hydrogens is 284 g/mol. The van der Waals surface area contributed by atoms with E-state index >= 15 is 0 Å². The molecule has 0 saturated heterocycles. The van der Waals surface area contributed by atoms with Crippen molar-refractivity contribution in [1.29, 1.82) is 0 Å². The molecule has 114 valence electrons. The topological polar surface area (TPSA) is 72.2 Å². The van der Waals surface area contributed by atoms with Crippen LogP contribution in [0.15, 0.2) is 42.5 Å². The minimum Gasteiger partial charge on any atom is -0.271 e. The molecule has 21 heavy (non-hydrogen) atoms. The van der Waals surface area contributed by atoms with E-state index in [1.165, 1.54) is 6.26 Å². The highest BCUT2D eigenvalue weighted by Gasteiger charge is 2.38. The van der Waals surface area contributed by atoms with Crippen LogP contribution in [0, 0.1) is 0 Å². The van der Waals surface area contributed by atoms with E-state index < -0.39 is 14.6 Å². The molecule has 3 N–H and O–H groups in total. The summed E-state index contributed by atoms with van der Waals surface area (Å²) in [6, 6.07) is 13.8. The molecule has 1 atom stereocenters. The summed E-state index contributed by atoms with van der Waals surface area (Å²) in [6.07, 6.45) is 1.80. The molecule has 0 aromatic heterocycles. The Labute approximate surface area is 126 Å². The average Bonchev–Trinajstić information content (AvgIpc) is 2.43. The zero-order valence-electron chi connectivity index (χ0n) is 12.6. The van der Waals surface area contributed by atoms with Gasteiger partial charge in [0.15, 0.2) is 9.84 Å². The van der Waals surface area contributed by atoms with E-state index in [1.807, 2.05) is 42.5 Å². The molecule has 0 aliphatic carbocycles. The van der Waals surface area contributed by atoms with Crippen molar-refractivity contribution in [2.45, 2.75) is 31.1 Å². The van der Waals surface area contributed by atoms with Crippen molar-refractivity contribution in [1.82, 2.24) is 5.43 Å². The first-order chi connectivity index (χ1) is 9.77.